The topological polar surface area (TPSA) is 26.8 Å². The molecule has 0 atom stereocenters. The Bertz CT molecular complexity index is 217. The summed E-state index contributed by atoms with van der Waals surface area (Å²) in [6.07, 6.45) is 1.94. The number of rotatable bonds is 4. The van der Waals surface area contributed by atoms with Crippen molar-refractivity contribution in [3.63, 3.8) is 0 Å². The van der Waals surface area contributed by atoms with Gasteiger partial charge < -0.3 is 0 Å². The van der Waals surface area contributed by atoms with Crippen LogP contribution in [0.15, 0.2) is 11.1 Å². The molecule has 0 unspecified atom stereocenters. The van der Waals surface area contributed by atoms with E-state index in [-0.39, 0.29) is 0 Å². The largest absolute Gasteiger partial charge is 0.296 e. The first-order chi connectivity index (χ1) is 6.20. The summed E-state index contributed by atoms with van der Waals surface area (Å²) in [6.45, 7) is 3.06. The van der Waals surface area contributed by atoms with Crippen molar-refractivity contribution in [2.45, 2.75) is 13.3 Å². The van der Waals surface area contributed by atoms with Gasteiger partial charge in [0, 0.05) is 26.0 Å². The number of hydrogen-bond donors (Lipinski definition) is 0. The quantitative estimate of drug-likeness (QED) is 0.501. The fraction of sp³-hybridized carbons (Fsp3) is 0.625. The van der Waals surface area contributed by atoms with Crippen LogP contribution in [-0.4, -0.2) is 41.5 Å². The van der Waals surface area contributed by atoms with Crippen LogP contribution in [0.2, 0.25) is 0 Å². The van der Waals surface area contributed by atoms with Crippen molar-refractivity contribution < 1.29 is 4.79 Å². The van der Waals surface area contributed by atoms with Gasteiger partial charge in [-0.1, -0.05) is 6.92 Å². The van der Waals surface area contributed by atoms with Crippen LogP contribution in [-0.2, 0) is 4.79 Å². The minimum atomic E-state index is 0.698. The maximum absolute atomic E-state index is 10.7. The molecule has 1 rings (SSSR count). The second kappa shape index (κ2) is 4.64. The molecule has 0 aromatic heterocycles. The van der Waals surface area contributed by atoms with Crippen LogP contribution < -0.4 is 0 Å². The third-order valence-electron chi connectivity index (χ3n) is 1.65. The predicted molar refractivity (Wildman–Crippen MR) is 54.3 cm³/mol. The van der Waals surface area contributed by atoms with E-state index in [0.29, 0.717) is 5.70 Å². The Balaban J connectivity index is 2.67. The molecule has 1 aliphatic rings. The lowest BCUT2D eigenvalue weighted by Gasteiger charge is -2.33. The minimum Gasteiger partial charge on any atom is -0.296 e. The molecule has 0 bridgehead atoms. The van der Waals surface area contributed by atoms with Crippen molar-refractivity contribution in [1.29, 1.82) is 0 Å². The molecule has 0 aromatic rings. The summed E-state index contributed by atoms with van der Waals surface area (Å²) in [7, 11) is 3.84. The molecule has 0 spiro atoms. The average molecular weight is 201 g/mol. The van der Waals surface area contributed by atoms with Crippen LogP contribution in [0.3, 0.4) is 0 Å². The third-order valence-corrected chi connectivity index (χ3v) is 2.58. The van der Waals surface area contributed by atoms with Crippen molar-refractivity contribution in [2.75, 3.05) is 20.6 Å². The summed E-state index contributed by atoms with van der Waals surface area (Å²) in [5.41, 5.74) is 0.698. The molecule has 4 nitrogen and oxygen atoms in total. The van der Waals surface area contributed by atoms with E-state index in [1.165, 1.54) is 0 Å². The standard InChI is InChI=1S/C8H15N3OS/c1-4-5-10-11(9(2)3)8(6-12)7-13-10/h6-7H,4-5H2,1-3H3. The number of aldehydes is 1. The Kier molecular flexibility index (Phi) is 3.77. The van der Waals surface area contributed by atoms with E-state index in [0.717, 1.165) is 19.3 Å². The molecule has 0 N–H and O–H groups in total. The van der Waals surface area contributed by atoms with E-state index < -0.39 is 0 Å². The zero-order valence-electron chi connectivity index (χ0n) is 8.23. The molecular formula is C8H15N3OS. The maximum Gasteiger partial charge on any atom is 0.169 e. The van der Waals surface area contributed by atoms with E-state index in [9.17, 15) is 4.79 Å². The molecule has 0 saturated heterocycles. The van der Waals surface area contributed by atoms with Gasteiger partial charge in [0.25, 0.3) is 0 Å². The fourth-order valence-corrected chi connectivity index (χ4v) is 2.18. The van der Waals surface area contributed by atoms with Gasteiger partial charge in [0.2, 0.25) is 0 Å². The molecule has 1 heterocycles. The fourth-order valence-electron chi connectivity index (χ4n) is 1.18. The summed E-state index contributed by atoms with van der Waals surface area (Å²) < 4.78 is 2.06. The van der Waals surface area contributed by atoms with Crippen molar-refractivity contribution >= 4 is 18.2 Å². The molecule has 1 aliphatic heterocycles. The van der Waals surface area contributed by atoms with Gasteiger partial charge in [0.1, 0.15) is 5.70 Å². The molecule has 74 valence electrons. The first-order valence-corrected chi connectivity index (χ1v) is 5.11. The predicted octanol–water partition coefficient (Wildman–Crippen LogP) is 1.09. The monoisotopic (exact) mass is 201 g/mol. The number of carbonyl (C=O) groups excluding carboxylic acids is 1. The minimum absolute atomic E-state index is 0.698. The molecule has 0 amide bonds. The van der Waals surface area contributed by atoms with Crippen LogP contribution in [0.5, 0.6) is 0 Å². The van der Waals surface area contributed by atoms with Gasteiger partial charge in [0.15, 0.2) is 6.29 Å². The van der Waals surface area contributed by atoms with Gasteiger partial charge in [-0.05, 0) is 18.4 Å². The van der Waals surface area contributed by atoms with E-state index in [1.54, 1.807) is 11.9 Å². The molecule has 13 heavy (non-hydrogen) atoms. The lowest BCUT2D eigenvalue weighted by molar-refractivity contribution is -0.114. The number of carbonyl (C=O) groups is 1. The van der Waals surface area contributed by atoms with E-state index >= 15 is 0 Å². The van der Waals surface area contributed by atoms with Gasteiger partial charge in [-0.25, -0.2) is 10.1 Å². The Hall–Kier alpha value is -0.520. The second-order valence-electron chi connectivity index (χ2n) is 2.98. The van der Waals surface area contributed by atoms with Crippen LogP contribution in [0.25, 0.3) is 0 Å². The van der Waals surface area contributed by atoms with Gasteiger partial charge in [0.05, 0.1) is 0 Å². The Morgan fingerprint density at radius 1 is 1.62 bits per heavy atom. The third kappa shape index (κ3) is 2.24. The molecule has 0 fully saturated rings. The smallest absolute Gasteiger partial charge is 0.169 e. The van der Waals surface area contributed by atoms with Crippen LogP contribution in [0, 0.1) is 0 Å². The number of nitrogens with zero attached hydrogens (tertiary/aromatic N) is 3. The Morgan fingerprint density at radius 2 is 2.31 bits per heavy atom. The van der Waals surface area contributed by atoms with Crippen molar-refractivity contribution in [3.8, 4) is 0 Å². The first-order valence-electron chi connectivity index (χ1n) is 4.27. The van der Waals surface area contributed by atoms with Crippen LogP contribution in [0.4, 0.5) is 0 Å². The lowest BCUT2D eigenvalue weighted by atomic mass is 10.5. The van der Waals surface area contributed by atoms with Crippen molar-refractivity contribution in [2.24, 2.45) is 0 Å². The normalized spacial score (nSPS) is 18.2. The zero-order valence-corrected chi connectivity index (χ0v) is 9.04. The highest BCUT2D eigenvalue weighted by Gasteiger charge is 2.25. The first kappa shape index (κ1) is 10.6. The summed E-state index contributed by atoms with van der Waals surface area (Å²) in [5.74, 6) is 0. The van der Waals surface area contributed by atoms with E-state index in [2.05, 4.69) is 11.3 Å². The van der Waals surface area contributed by atoms with Crippen molar-refractivity contribution in [3.05, 3.63) is 11.1 Å². The van der Waals surface area contributed by atoms with Crippen molar-refractivity contribution in [1.82, 2.24) is 14.5 Å². The molecule has 0 aromatic carbocycles. The molecule has 0 saturated carbocycles. The van der Waals surface area contributed by atoms with Gasteiger partial charge in [-0.3, -0.25) is 4.79 Å². The van der Waals surface area contributed by atoms with Gasteiger partial charge in [-0.15, -0.1) is 4.41 Å². The van der Waals surface area contributed by atoms with E-state index in [4.69, 9.17) is 0 Å². The summed E-state index contributed by atoms with van der Waals surface area (Å²) in [4.78, 5) is 10.7. The highest BCUT2D eigenvalue weighted by Crippen LogP contribution is 2.28. The number of hydrazine groups is 2. The number of hydrogen-bond acceptors (Lipinski definition) is 5. The molecule has 0 aliphatic carbocycles. The Labute approximate surface area is 83.2 Å². The summed E-state index contributed by atoms with van der Waals surface area (Å²) in [6, 6.07) is 0. The number of allylic oxidation sites excluding steroid dienone is 1. The summed E-state index contributed by atoms with van der Waals surface area (Å²) >= 11 is 1.56. The molecule has 0 radical (unpaired) electrons. The summed E-state index contributed by atoms with van der Waals surface area (Å²) in [5, 5.41) is 5.64. The zero-order chi connectivity index (χ0) is 9.84. The SMILES string of the molecule is CCCN1SC=C(C=O)N1N(C)C. The molecule has 5 heteroatoms. The molecular weight excluding hydrogens is 186 g/mol. The van der Waals surface area contributed by atoms with E-state index in [1.807, 2.05) is 29.6 Å². The maximum atomic E-state index is 10.7. The lowest BCUT2D eigenvalue weighted by Crippen LogP contribution is -2.43. The van der Waals surface area contributed by atoms with Crippen LogP contribution >= 0.6 is 11.9 Å². The van der Waals surface area contributed by atoms with Gasteiger partial charge >= 0.3 is 0 Å². The average Bonchev–Trinajstić information content (AvgIpc) is 2.48. The highest BCUT2D eigenvalue weighted by molar-refractivity contribution is 8.00. The van der Waals surface area contributed by atoms with Crippen LogP contribution in [0.1, 0.15) is 13.3 Å². The Morgan fingerprint density at radius 3 is 2.77 bits per heavy atom. The second-order valence-corrected chi connectivity index (χ2v) is 3.85. The highest BCUT2D eigenvalue weighted by atomic mass is 32.2. The van der Waals surface area contributed by atoms with Gasteiger partial charge in [-0.2, -0.15) is 0 Å².